The second kappa shape index (κ2) is 5.59. The predicted molar refractivity (Wildman–Crippen MR) is 76.0 cm³/mol. The van der Waals surface area contributed by atoms with Crippen LogP contribution < -0.4 is 10.1 Å². The summed E-state index contributed by atoms with van der Waals surface area (Å²) >= 11 is 3.48. The number of benzene rings is 1. The van der Waals surface area contributed by atoms with E-state index >= 15 is 0 Å². The number of halogens is 1. The molecule has 18 heavy (non-hydrogen) atoms. The smallest absolute Gasteiger partial charge is 0.123 e. The summed E-state index contributed by atoms with van der Waals surface area (Å²) in [5, 5.41) is 12.4. The van der Waals surface area contributed by atoms with Crippen molar-refractivity contribution in [2.24, 2.45) is 0 Å². The number of nitrogens with one attached hydrogen (secondary N) is 1. The van der Waals surface area contributed by atoms with Crippen molar-refractivity contribution in [2.75, 3.05) is 13.2 Å². The van der Waals surface area contributed by atoms with E-state index < -0.39 is 0 Å². The van der Waals surface area contributed by atoms with Crippen molar-refractivity contribution in [2.45, 2.75) is 38.3 Å². The Labute approximate surface area is 117 Å². The van der Waals surface area contributed by atoms with Crippen LogP contribution in [0.4, 0.5) is 0 Å². The number of hydrogen-bond acceptors (Lipinski definition) is 3. The lowest BCUT2D eigenvalue weighted by molar-refractivity contribution is 0.187. The summed E-state index contributed by atoms with van der Waals surface area (Å²) in [5.41, 5.74) is 1.21. The molecule has 100 valence electrons. The van der Waals surface area contributed by atoms with Crippen LogP contribution in [0, 0.1) is 0 Å². The number of rotatable bonds is 5. The van der Waals surface area contributed by atoms with Gasteiger partial charge in [0.15, 0.2) is 0 Å². The Hall–Kier alpha value is -0.580. The van der Waals surface area contributed by atoms with Gasteiger partial charge in [-0.25, -0.2) is 0 Å². The summed E-state index contributed by atoms with van der Waals surface area (Å²) in [6.07, 6.45) is 1.88. The molecule has 4 heteroatoms. The molecule has 0 radical (unpaired) electrons. The largest absolute Gasteiger partial charge is 0.488 e. The number of aliphatic hydroxyl groups excluding tert-OH is 1. The molecule has 1 unspecified atom stereocenters. The molecule has 1 aromatic carbocycles. The molecule has 1 aromatic rings. The van der Waals surface area contributed by atoms with Crippen molar-refractivity contribution in [3.05, 3.63) is 28.2 Å². The van der Waals surface area contributed by atoms with Gasteiger partial charge in [-0.3, -0.25) is 0 Å². The molecule has 1 heterocycles. The maximum Gasteiger partial charge on any atom is 0.123 e. The summed E-state index contributed by atoms with van der Waals surface area (Å²) in [4.78, 5) is 0. The van der Waals surface area contributed by atoms with E-state index in [1.165, 1.54) is 5.56 Å². The van der Waals surface area contributed by atoms with Gasteiger partial charge in [-0.2, -0.15) is 0 Å². The van der Waals surface area contributed by atoms with E-state index in [0.717, 1.165) is 29.6 Å². The van der Waals surface area contributed by atoms with Crippen LogP contribution in [-0.4, -0.2) is 29.9 Å². The lowest BCUT2D eigenvalue weighted by atomic mass is 10.0. The van der Waals surface area contributed by atoms with Crippen molar-refractivity contribution in [1.29, 1.82) is 0 Å². The highest BCUT2D eigenvalue weighted by Gasteiger charge is 2.25. The summed E-state index contributed by atoms with van der Waals surface area (Å²) in [7, 11) is 0. The molecule has 3 nitrogen and oxygen atoms in total. The monoisotopic (exact) mass is 313 g/mol. The van der Waals surface area contributed by atoms with Gasteiger partial charge in [0.2, 0.25) is 0 Å². The van der Waals surface area contributed by atoms with Crippen LogP contribution in [0.2, 0.25) is 0 Å². The molecule has 0 aliphatic carbocycles. The van der Waals surface area contributed by atoms with Crippen LogP contribution in [0.15, 0.2) is 22.7 Å². The van der Waals surface area contributed by atoms with Gasteiger partial charge in [0, 0.05) is 29.6 Å². The Kier molecular flexibility index (Phi) is 4.30. The third-order valence-corrected chi connectivity index (χ3v) is 3.80. The normalized spacial score (nSPS) is 18.6. The summed E-state index contributed by atoms with van der Waals surface area (Å²) in [5.74, 6) is 0.991. The fourth-order valence-electron chi connectivity index (χ4n) is 2.16. The predicted octanol–water partition coefficient (Wildman–Crippen LogP) is 2.50. The molecule has 0 bridgehead atoms. The van der Waals surface area contributed by atoms with Crippen LogP contribution in [0.1, 0.15) is 25.8 Å². The molecular formula is C14H20BrNO2. The first kappa shape index (κ1) is 13.8. The Morgan fingerprint density at radius 2 is 2.28 bits per heavy atom. The maximum absolute atomic E-state index is 8.99. The van der Waals surface area contributed by atoms with Gasteiger partial charge in [0.1, 0.15) is 11.9 Å². The number of ether oxygens (including phenoxy) is 1. The molecule has 0 saturated carbocycles. The molecule has 0 saturated heterocycles. The quantitative estimate of drug-likeness (QED) is 0.877. The molecule has 0 amide bonds. The first-order valence-corrected chi connectivity index (χ1v) is 7.10. The maximum atomic E-state index is 8.99. The standard InChI is InChI=1S/C14H20BrNO2/c1-14(2,5-6-17)16-9-12-8-10-7-11(15)3-4-13(10)18-12/h3-4,7,12,16-17H,5-6,8-9H2,1-2H3. The average Bonchev–Trinajstić information content (AvgIpc) is 2.68. The van der Waals surface area contributed by atoms with Gasteiger partial charge in [0.25, 0.3) is 0 Å². The van der Waals surface area contributed by atoms with Gasteiger partial charge in [-0.1, -0.05) is 15.9 Å². The van der Waals surface area contributed by atoms with Crippen molar-refractivity contribution in [3.63, 3.8) is 0 Å². The van der Waals surface area contributed by atoms with Gasteiger partial charge in [0.05, 0.1) is 0 Å². The number of hydrogen-bond donors (Lipinski definition) is 2. The highest BCUT2D eigenvalue weighted by molar-refractivity contribution is 9.10. The SMILES string of the molecule is CC(C)(CCO)NCC1Cc2cc(Br)ccc2O1. The van der Waals surface area contributed by atoms with Gasteiger partial charge < -0.3 is 15.2 Å². The molecule has 2 N–H and O–H groups in total. The molecule has 1 aliphatic rings. The minimum atomic E-state index is -0.0481. The fraction of sp³-hybridized carbons (Fsp3) is 0.571. The number of aliphatic hydroxyl groups is 1. The van der Waals surface area contributed by atoms with E-state index in [-0.39, 0.29) is 18.2 Å². The Balaban J connectivity index is 1.88. The molecule has 0 fully saturated rings. The first-order valence-electron chi connectivity index (χ1n) is 6.31. The molecule has 0 aromatic heterocycles. The topological polar surface area (TPSA) is 41.5 Å². The van der Waals surface area contributed by atoms with Gasteiger partial charge in [-0.15, -0.1) is 0 Å². The van der Waals surface area contributed by atoms with Crippen molar-refractivity contribution < 1.29 is 9.84 Å². The summed E-state index contributed by atoms with van der Waals surface area (Å²) < 4.78 is 6.99. The molecule has 2 rings (SSSR count). The Morgan fingerprint density at radius 1 is 1.50 bits per heavy atom. The summed E-state index contributed by atoms with van der Waals surface area (Å²) in [6.45, 7) is 5.21. The van der Waals surface area contributed by atoms with E-state index in [1.807, 2.05) is 12.1 Å². The fourth-order valence-corrected chi connectivity index (χ4v) is 2.57. The minimum absolute atomic E-state index is 0.0481. The molecule has 1 aliphatic heterocycles. The highest BCUT2D eigenvalue weighted by atomic mass is 79.9. The van der Waals surface area contributed by atoms with Crippen LogP contribution in [0.5, 0.6) is 5.75 Å². The lowest BCUT2D eigenvalue weighted by Gasteiger charge is -2.27. The lowest BCUT2D eigenvalue weighted by Crippen LogP contribution is -2.45. The highest BCUT2D eigenvalue weighted by Crippen LogP contribution is 2.31. The molecular weight excluding hydrogens is 294 g/mol. The zero-order chi connectivity index (χ0) is 13.2. The Morgan fingerprint density at radius 3 is 3.00 bits per heavy atom. The second-order valence-electron chi connectivity index (χ2n) is 5.43. The third-order valence-electron chi connectivity index (χ3n) is 3.31. The van der Waals surface area contributed by atoms with E-state index in [2.05, 4.69) is 41.2 Å². The average molecular weight is 314 g/mol. The van der Waals surface area contributed by atoms with E-state index in [9.17, 15) is 0 Å². The van der Waals surface area contributed by atoms with E-state index in [1.54, 1.807) is 0 Å². The molecule has 1 atom stereocenters. The summed E-state index contributed by atoms with van der Waals surface area (Å²) in [6, 6.07) is 6.14. The minimum Gasteiger partial charge on any atom is -0.488 e. The van der Waals surface area contributed by atoms with Crippen molar-refractivity contribution in [1.82, 2.24) is 5.32 Å². The third kappa shape index (κ3) is 3.46. The van der Waals surface area contributed by atoms with Crippen molar-refractivity contribution >= 4 is 15.9 Å². The van der Waals surface area contributed by atoms with E-state index in [4.69, 9.17) is 9.84 Å². The number of fused-ring (bicyclic) bond motifs is 1. The molecule has 0 spiro atoms. The zero-order valence-corrected chi connectivity index (χ0v) is 12.5. The van der Waals surface area contributed by atoms with Crippen molar-refractivity contribution in [3.8, 4) is 5.75 Å². The van der Waals surface area contributed by atoms with Crippen LogP contribution in [0.25, 0.3) is 0 Å². The van der Waals surface area contributed by atoms with Crippen LogP contribution in [-0.2, 0) is 6.42 Å². The zero-order valence-electron chi connectivity index (χ0n) is 10.9. The van der Waals surface area contributed by atoms with Gasteiger partial charge >= 0.3 is 0 Å². The Bertz CT molecular complexity index is 420. The van der Waals surface area contributed by atoms with Crippen LogP contribution in [0.3, 0.4) is 0 Å². The van der Waals surface area contributed by atoms with Crippen LogP contribution >= 0.6 is 15.9 Å². The second-order valence-corrected chi connectivity index (χ2v) is 6.35. The first-order chi connectivity index (χ1) is 8.50. The van der Waals surface area contributed by atoms with E-state index in [0.29, 0.717) is 0 Å². The van der Waals surface area contributed by atoms with Gasteiger partial charge in [-0.05, 0) is 44.0 Å².